The molecule has 88 valence electrons. The lowest BCUT2D eigenvalue weighted by Gasteiger charge is -2.25. The molecule has 0 bridgehead atoms. The molecule has 0 saturated heterocycles. The standard InChI is InChI=1S/C7H7F3N4O2/c8-7(9,10)3-1-2-11-6-12-4(5(15)16)13-14(3)6/h3H,1-2H2,(H,15,16)(H,11,12,13). The lowest BCUT2D eigenvalue weighted by atomic mass is 10.2. The second kappa shape index (κ2) is 3.35. The third-order valence-electron chi connectivity index (χ3n) is 2.20. The van der Waals surface area contributed by atoms with Gasteiger partial charge in [-0.2, -0.15) is 18.2 Å². The van der Waals surface area contributed by atoms with Crippen LogP contribution in [0.25, 0.3) is 0 Å². The SMILES string of the molecule is O=C(O)c1nc2n(n1)C(C(F)(F)F)CCN2. The summed E-state index contributed by atoms with van der Waals surface area (Å²) in [6.07, 6.45) is -4.65. The highest BCUT2D eigenvalue weighted by Crippen LogP contribution is 2.36. The van der Waals surface area contributed by atoms with E-state index in [1.54, 1.807) is 0 Å². The smallest absolute Gasteiger partial charge is 0.411 e. The van der Waals surface area contributed by atoms with Gasteiger partial charge in [0.2, 0.25) is 5.95 Å². The molecule has 0 radical (unpaired) electrons. The number of aromatic carboxylic acids is 1. The largest absolute Gasteiger partial charge is 0.475 e. The molecule has 1 aromatic heterocycles. The van der Waals surface area contributed by atoms with Crippen molar-refractivity contribution in [2.24, 2.45) is 0 Å². The summed E-state index contributed by atoms with van der Waals surface area (Å²) in [4.78, 5) is 14.0. The van der Waals surface area contributed by atoms with Crippen molar-refractivity contribution in [1.82, 2.24) is 14.8 Å². The van der Waals surface area contributed by atoms with E-state index in [9.17, 15) is 18.0 Å². The summed E-state index contributed by atoms with van der Waals surface area (Å²) < 4.78 is 38.3. The van der Waals surface area contributed by atoms with Gasteiger partial charge in [0.25, 0.3) is 5.82 Å². The van der Waals surface area contributed by atoms with Crippen molar-refractivity contribution >= 4 is 11.9 Å². The second-order valence-electron chi connectivity index (χ2n) is 3.28. The van der Waals surface area contributed by atoms with E-state index in [0.717, 1.165) is 0 Å². The molecular formula is C7H7F3N4O2. The number of aromatic nitrogens is 3. The topological polar surface area (TPSA) is 80.0 Å². The average Bonchev–Trinajstić information content (AvgIpc) is 2.58. The van der Waals surface area contributed by atoms with E-state index >= 15 is 0 Å². The summed E-state index contributed by atoms with van der Waals surface area (Å²) in [5, 5.41) is 14.5. The Morgan fingerprint density at radius 3 is 2.81 bits per heavy atom. The third-order valence-corrected chi connectivity index (χ3v) is 2.20. The summed E-state index contributed by atoms with van der Waals surface area (Å²) in [5.74, 6) is -2.26. The normalized spacial score (nSPS) is 20.1. The van der Waals surface area contributed by atoms with Gasteiger partial charge in [0, 0.05) is 6.54 Å². The van der Waals surface area contributed by atoms with Crippen molar-refractivity contribution in [2.75, 3.05) is 11.9 Å². The van der Waals surface area contributed by atoms with Crippen LogP contribution in [0.15, 0.2) is 0 Å². The van der Waals surface area contributed by atoms with Crippen LogP contribution in [-0.4, -0.2) is 38.6 Å². The molecule has 2 N–H and O–H groups in total. The number of fused-ring (bicyclic) bond motifs is 1. The summed E-state index contributed by atoms with van der Waals surface area (Å²) in [7, 11) is 0. The molecular weight excluding hydrogens is 229 g/mol. The molecule has 0 spiro atoms. The summed E-state index contributed by atoms with van der Waals surface area (Å²) in [5.41, 5.74) is 0. The molecule has 0 fully saturated rings. The van der Waals surface area contributed by atoms with E-state index < -0.39 is 24.0 Å². The predicted molar refractivity (Wildman–Crippen MR) is 45.2 cm³/mol. The van der Waals surface area contributed by atoms with Crippen LogP contribution in [0, 0.1) is 0 Å². The highest BCUT2D eigenvalue weighted by molar-refractivity contribution is 5.83. The molecule has 1 aliphatic rings. The maximum Gasteiger partial charge on any atom is 0.411 e. The Balaban J connectivity index is 2.42. The van der Waals surface area contributed by atoms with Crippen molar-refractivity contribution in [3.63, 3.8) is 0 Å². The van der Waals surface area contributed by atoms with Gasteiger partial charge >= 0.3 is 12.1 Å². The van der Waals surface area contributed by atoms with E-state index in [2.05, 4.69) is 15.4 Å². The molecule has 1 aromatic rings. The molecule has 0 aliphatic carbocycles. The van der Waals surface area contributed by atoms with Gasteiger partial charge in [-0.25, -0.2) is 9.48 Å². The zero-order valence-corrected chi connectivity index (χ0v) is 7.82. The number of carboxylic acids is 1. The van der Waals surface area contributed by atoms with Crippen LogP contribution in [0.3, 0.4) is 0 Å². The Kier molecular flexibility index (Phi) is 2.25. The number of hydrogen-bond acceptors (Lipinski definition) is 4. The number of alkyl halides is 3. The first-order valence-corrected chi connectivity index (χ1v) is 4.40. The molecule has 6 nitrogen and oxygen atoms in total. The summed E-state index contributed by atoms with van der Waals surface area (Å²) in [6, 6.07) is -1.82. The van der Waals surface area contributed by atoms with Gasteiger partial charge in [-0.05, 0) is 6.42 Å². The number of rotatable bonds is 1. The van der Waals surface area contributed by atoms with E-state index in [1.165, 1.54) is 0 Å². The van der Waals surface area contributed by atoms with Crippen LogP contribution in [0.5, 0.6) is 0 Å². The second-order valence-corrected chi connectivity index (χ2v) is 3.28. The first kappa shape index (κ1) is 10.7. The lowest BCUT2D eigenvalue weighted by Crippen LogP contribution is -2.34. The Morgan fingerprint density at radius 2 is 2.25 bits per heavy atom. The zero-order valence-electron chi connectivity index (χ0n) is 7.82. The first-order valence-electron chi connectivity index (χ1n) is 4.40. The van der Waals surface area contributed by atoms with Crippen molar-refractivity contribution < 1.29 is 23.1 Å². The quantitative estimate of drug-likeness (QED) is 0.757. The Hall–Kier alpha value is -1.80. The third kappa shape index (κ3) is 1.68. The minimum absolute atomic E-state index is 0.0852. The monoisotopic (exact) mass is 236 g/mol. The van der Waals surface area contributed by atoms with E-state index in [4.69, 9.17) is 5.11 Å². The summed E-state index contributed by atoms with van der Waals surface area (Å²) in [6.45, 7) is 0.0852. The average molecular weight is 236 g/mol. The first-order chi connectivity index (χ1) is 7.39. The molecule has 1 aliphatic heterocycles. The fourth-order valence-electron chi connectivity index (χ4n) is 1.50. The van der Waals surface area contributed by atoms with Crippen molar-refractivity contribution in [1.29, 1.82) is 0 Å². The van der Waals surface area contributed by atoms with Gasteiger partial charge in [0.1, 0.15) is 0 Å². The fraction of sp³-hybridized carbons (Fsp3) is 0.571. The maximum absolute atomic E-state index is 12.6. The minimum atomic E-state index is -4.46. The molecule has 2 heterocycles. The Morgan fingerprint density at radius 1 is 1.56 bits per heavy atom. The Bertz CT molecular complexity index is 428. The predicted octanol–water partition coefficient (Wildman–Crippen LogP) is 0.895. The van der Waals surface area contributed by atoms with E-state index in [-0.39, 0.29) is 18.9 Å². The Labute approximate surface area is 87.1 Å². The number of carboxylic acid groups (broad SMARTS) is 1. The van der Waals surface area contributed by atoms with Gasteiger partial charge in [0.15, 0.2) is 6.04 Å². The van der Waals surface area contributed by atoms with Crippen LogP contribution in [0.1, 0.15) is 23.1 Å². The van der Waals surface area contributed by atoms with E-state index in [0.29, 0.717) is 4.68 Å². The molecule has 16 heavy (non-hydrogen) atoms. The van der Waals surface area contributed by atoms with Crippen molar-refractivity contribution in [3.8, 4) is 0 Å². The molecule has 1 atom stereocenters. The number of carbonyl (C=O) groups is 1. The highest BCUT2D eigenvalue weighted by Gasteiger charge is 2.44. The molecule has 0 aromatic carbocycles. The number of nitrogens with one attached hydrogen (secondary N) is 1. The zero-order chi connectivity index (χ0) is 11.9. The molecule has 0 amide bonds. The highest BCUT2D eigenvalue weighted by atomic mass is 19.4. The van der Waals surface area contributed by atoms with Crippen LogP contribution in [0.4, 0.5) is 19.1 Å². The van der Waals surface area contributed by atoms with Crippen LogP contribution < -0.4 is 5.32 Å². The van der Waals surface area contributed by atoms with Crippen LogP contribution in [0.2, 0.25) is 0 Å². The molecule has 1 unspecified atom stereocenters. The van der Waals surface area contributed by atoms with Crippen LogP contribution in [-0.2, 0) is 0 Å². The van der Waals surface area contributed by atoms with Gasteiger partial charge in [-0.3, -0.25) is 0 Å². The maximum atomic E-state index is 12.6. The van der Waals surface area contributed by atoms with Crippen molar-refractivity contribution in [3.05, 3.63) is 5.82 Å². The lowest BCUT2D eigenvalue weighted by molar-refractivity contribution is -0.171. The molecule has 0 saturated carbocycles. The molecule has 9 heteroatoms. The minimum Gasteiger partial charge on any atom is -0.475 e. The number of anilines is 1. The van der Waals surface area contributed by atoms with Gasteiger partial charge < -0.3 is 10.4 Å². The number of hydrogen-bond donors (Lipinski definition) is 2. The van der Waals surface area contributed by atoms with Crippen LogP contribution >= 0.6 is 0 Å². The fourth-order valence-corrected chi connectivity index (χ4v) is 1.50. The van der Waals surface area contributed by atoms with Gasteiger partial charge in [0.05, 0.1) is 0 Å². The number of halogens is 3. The van der Waals surface area contributed by atoms with E-state index in [1.807, 2.05) is 0 Å². The van der Waals surface area contributed by atoms with Gasteiger partial charge in [-0.1, -0.05) is 0 Å². The number of nitrogens with zero attached hydrogens (tertiary/aromatic N) is 3. The molecule has 2 rings (SSSR count). The summed E-state index contributed by atoms with van der Waals surface area (Å²) >= 11 is 0. The van der Waals surface area contributed by atoms with Crippen molar-refractivity contribution in [2.45, 2.75) is 18.6 Å². The van der Waals surface area contributed by atoms with Gasteiger partial charge in [-0.15, -0.1) is 5.10 Å².